The summed E-state index contributed by atoms with van der Waals surface area (Å²) in [7, 11) is 3.08. The molecule has 29 heavy (non-hydrogen) atoms. The first-order valence-corrected chi connectivity index (χ1v) is 9.64. The van der Waals surface area contributed by atoms with Crippen LogP contribution in [0.3, 0.4) is 0 Å². The molecule has 0 spiro atoms. The molecule has 8 heteroatoms. The van der Waals surface area contributed by atoms with E-state index in [9.17, 15) is 4.79 Å². The van der Waals surface area contributed by atoms with Crippen molar-refractivity contribution in [3.8, 4) is 11.6 Å². The zero-order chi connectivity index (χ0) is 20.0. The Morgan fingerprint density at radius 3 is 2.86 bits per heavy atom. The van der Waals surface area contributed by atoms with Crippen LogP contribution < -0.4 is 14.8 Å². The number of nitrogens with one attached hydrogen (secondary N) is 1. The first-order valence-electron chi connectivity index (χ1n) is 9.64. The number of hydrogen-bond donors (Lipinski definition) is 1. The highest BCUT2D eigenvalue weighted by atomic mass is 16.5. The fraction of sp³-hybridized carbons (Fsp3) is 0.381. The summed E-state index contributed by atoms with van der Waals surface area (Å²) < 4.78 is 18.0. The van der Waals surface area contributed by atoms with Crippen molar-refractivity contribution < 1.29 is 19.0 Å². The molecule has 1 N–H and O–H groups in total. The van der Waals surface area contributed by atoms with Crippen molar-refractivity contribution >= 4 is 17.4 Å². The van der Waals surface area contributed by atoms with E-state index in [1.807, 2.05) is 10.6 Å². The van der Waals surface area contributed by atoms with E-state index in [-0.39, 0.29) is 5.91 Å². The Bertz CT molecular complexity index is 1070. The van der Waals surface area contributed by atoms with Gasteiger partial charge in [-0.05, 0) is 24.3 Å². The number of anilines is 1. The number of carbonyl (C=O) groups is 1. The number of rotatable bonds is 5. The van der Waals surface area contributed by atoms with Crippen LogP contribution in [0.4, 0.5) is 5.82 Å². The summed E-state index contributed by atoms with van der Waals surface area (Å²) in [5, 5.41) is 2.79. The number of methoxy groups -OCH3 is 2. The van der Waals surface area contributed by atoms with Gasteiger partial charge in [0.05, 0.1) is 32.1 Å². The molecule has 1 saturated carbocycles. The molecule has 1 saturated heterocycles. The highest BCUT2D eigenvalue weighted by molar-refractivity contribution is 6.05. The fourth-order valence-corrected chi connectivity index (χ4v) is 4.26. The van der Waals surface area contributed by atoms with Crippen LogP contribution in [0.5, 0.6) is 11.6 Å². The Hall–Kier alpha value is -3.13. The van der Waals surface area contributed by atoms with Gasteiger partial charge in [0.2, 0.25) is 5.88 Å². The van der Waals surface area contributed by atoms with E-state index in [0.717, 1.165) is 31.0 Å². The molecule has 2 fully saturated rings. The third kappa shape index (κ3) is 3.19. The van der Waals surface area contributed by atoms with Crippen LogP contribution in [0.2, 0.25) is 0 Å². The molecule has 4 heterocycles. The third-order valence-corrected chi connectivity index (χ3v) is 5.79. The van der Waals surface area contributed by atoms with E-state index in [0.29, 0.717) is 40.8 Å². The van der Waals surface area contributed by atoms with Crippen molar-refractivity contribution in [2.45, 2.75) is 12.3 Å². The molecular weight excluding hydrogens is 372 g/mol. The molecule has 3 atom stereocenters. The highest BCUT2D eigenvalue weighted by Gasteiger charge is 2.53. The van der Waals surface area contributed by atoms with Crippen molar-refractivity contribution in [3.63, 3.8) is 0 Å². The molecule has 1 amide bonds. The smallest absolute Gasteiger partial charge is 0.262 e. The van der Waals surface area contributed by atoms with Gasteiger partial charge in [-0.2, -0.15) is 4.98 Å². The van der Waals surface area contributed by atoms with Gasteiger partial charge in [0, 0.05) is 37.1 Å². The second-order valence-corrected chi connectivity index (χ2v) is 7.42. The maximum absolute atomic E-state index is 12.9. The minimum atomic E-state index is -0.312. The van der Waals surface area contributed by atoms with E-state index in [1.54, 1.807) is 37.6 Å². The summed E-state index contributed by atoms with van der Waals surface area (Å²) in [4.78, 5) is 21.9. The van der Waals surface area contributed by atoms with Gasteiger partial charge in [0.1, 0.15) is 17.2 Å². The Morgan fingerprint density at radius 1 is 1.21 bits per heavy atom. The largest absolute Gasteiger partial charge is 0.496 e. The molecule has 1 aliphatic heterocycles. The molecule has 0 aromatic carbocycles. The summed E-state index contributed by atoms with van der Waals surface area (Å²) in [5.41, 5.74) is 2.22. The second kappa shape index (κ2) is 7.04. The molecule has 3 aromatic heterocycles. The number of amides is 1. The molecule has 3 aromatic rings. The minimum Gasteiger partial charge on any atom is -0.496 e. The molecule has 1 aliphatic carbocycles. The van der Waals surface area contributed by atoms with Crippen LogP contribution in [0, 0.1) is 11.8 Å². The Morgan fingerprint density at radius 2 is 2.10 bits per heavy atom. The summed E-state index contributed by atoms with van der Waals surface area (Å²) in [6, 6.07) is 6.98. The monoisotopic (exact) mass is 394 g/mol. The van der Waals surface area contributed by atoms with Gasteiger partial charge in [0.15, 0.2) is 0 Å². The highest BCUT2D eigenvalue weighted by Crippen LogP contribution is 2.57. The van der Waals surface area contributed by atoms with Crippen LogP contribution in [0.15, 0.2) is 36.7 Å². The van der Waals surface area contributed by atoms with Gasteiger partial charge >= 0.3 is 0 Å². The van der Waals surface area contributed by atoms with E-state index in [4.69, 9.17) is 19.2 Å². The quantitative estimate of drug-likeness (QED) is 0.716. The van der Waals surface area contributed by atoms with Gasteiger partial charge in [-0.25, -0.2) is 4.98 Å². The minimum absolute atomic E-state index is 0.312. The van der Waals surface area contributed by atoms with Crippen LogP contribution >= 0.6 is 0 Å². The number of aromatic nitrogens is 3. The predicted molar refractivity (Wildman–Crippen MR) is 106 cm³/mol. The van der Waals surface area contributed by atoms with Gasteiger partial charge in [0.25, 0.3) is 5.91 Å². The lowest BCUT2D eigenvalue weighted by Crippen LogP contribution is -2.15. The maximum atomic E-state index is 12.9. The average molecular weight is 394 g/mol. The zero-order valence-electron chi connectivity index (χ0n) is 16.3. The average Bonchev–Trinajstić information content (AvgIpc) is 3.34. The predicted octanol–water partition coefficient (Wildman–Crippen LogP) is 2.75. The van der Waals surface area contributed by atoms with E-state index < -0.39 is 0 Å². The zero-order valence-corrected chi connectivity index (χ0v) is 16.3. The third-order valence-electron chi connectivity index (χ3n) is 5.79. The van der Waals surface area contributed by atoms with Crippen molar-refractivity contribution in [2.24, 2.45) is 11.8 Å². The number of hydrogen-bond acceptors (Lipinski definition) is 6. The summed E-state index contributed by atoms with van der Waals surface area (Å²) in [6.45, 7) is 1.65. The maximum Gasteiger partial charge on any atom is 0.262 e. The first-order chi connectivity index (χ1) is 14.2. The number of pyridine rings is 2. The van der Waals surface area contributed by atoms with Crippen molar-refractivity contribution in [3.05, 3.63) is 47.9 Å². The molecule has 0 bridgehead atoms. The van der Waals surface area contributed by atoms with Crippen LogP contribution in [0.1, 0.15) is 28.4 Å². The molecular formula is C21H22N4O4. The van der Waals surface area contributed by atoms with Crippen molar-refractivity contribution in [2.75, 3.05) is 32.8 Å². The molecule has 3 unspecified atom stereocenters. The molecule has 0 radical (unpaired) electrons. The van der Waals surface area contributed by atoms with E-state index in [1.165, 1.54) is 7.11 Å². The number of ether oxygens (including phenoxy) is 3. The van der Waals surface area contributed by atoms with Crippen molar-refractivity contribution in [1.82, 2.24) is 14.4 Å². The summed E-state index contributed by atoms with van der Waals surface area (Å²) in [5.74, 6) is 2.67. The van der Waals surface area contributed by atoms with E-state index >= 15 is 0 Å². The molecule has 8 nitrogen and oxygen atoms in total. The van der Waals surface area contributed by atoms with Crippen LogP contribution in [-0.2, 0) is 4.74 Å². The second-order valence-electron chi connectivity index (χ2n) is 7.42. The number of carbonyl (C=O) groups excluding carboxylic acids is 1. The van der Waals surface area contributed by atoms with Gasteiger partial charge in [-0.15, -0.1) is 0 Å². The van der Waals surface area contributed by atoms with Gasteiger partial charge in [-0.1, -0.05) is 6.07 Å². The Labute approximate surface area is 167 Å². The van der Waals surface area contributed by atoms with Crippen LogP contribution in [-0.4, -0.2) is 47.7 Å². The van der Waals surface area contributed by atoms with Gasteiger partial charge < -0.3 is 23.9 Å². The van der Waals surface area contributed by atoms with Crippen LogP contribution in [0.25, 0.3) is 5.65 Å². The lowest BCUT2D eigenvalue weighted by atomic mass is 10.2. The lowest BCUT2D eigenvalue weighted by Gasteiger charge is -2.10. The summed E-state index contributed by atoms with van der Waals surface area (Å²) >= 11 is 0. The Balaban J connectivity index is 1.44. The fourth-order valence-electron chi connectivity index (χ4n) is 4.26. The van der Waals surface area contributed by atoms with Gasteiger partial charge in [-0.3, -0.25) is 4.79 Å². The van der Waals surface area contributed by atoms with E-state index in [2.05, 4.69) is 10.3 Å². The molecule has 2 aliphatic rings. The lowest BCUT2D eigenvalue weighted by molar-refractivity contribution is 0.0887. The SMILES string of the molecule is COc1cccc(NC(=O)c2cn3cc(C4C5CCOCC54)nc3cc2OC)n1. The first kappa shape index (κ1) is 17.9. The Kier molecular flexibility index (Phi) is 4.35. The standard InChI is InChI=1S/C21H22N4O4/c1-27-16-8-18-22-15(20-12-6-7-29-11-14(12)20)10-25(18)9-13(16)21(26)24-17-4-3-5-19(23-17)28-2/h3-5,8-10,12,14,20H,6-7,11H2,1-2H3,(H,23,24,26). The number of nitrogens with zero attached hydrogens (tertiary/aromatic N) is 3. The summed E-state index contributed by atoms with van der Waals surface area (Å²) in [6.07, 6.45) is 4.86. The molecule has 5 rings (SSSR count). The number of imidazole rings is 1. The topological polar surface area (TPSA) is 87.0 Å². The normalized spacial score (nSPS) is 22.8. The van der Waals surface area contributed by atoms with Crippen molar-refractivity contribution in [1.29, 1.82) is 0 Å². The number of fused-ring (bicyclic) bond motifs is 2. The molecule has 150 valence electrons.